The molecule has 1 saturated heterocycles. The van der Waals surface area contributed by atoms with Crippen LogP contribution in [0.2, 0.25) is 0 Å². The zero-order valence-corrected chi connectivity index (χ0v) is 11.8. The highest BCUT2D eigenvalue weighted by atomic mass is 16.5. The van der Waals surface area contributed by atoms with E-state index in [1.165, 1.54) is 0 Å². The summed E-state index contributed by atoms with van der Waals surface area (Å²) in [6.07, 6.45) is 2.22. The third-order valence-corrected chi connectivity index (χ3v) is 3.55. The van der Waals surface area contributed by atoms with Crippen LogP contribution in [0, 0.1) is 17.2 Å². The minimum absolute atomic E-state index is 0.00645. The zero-order chi connectivity index (χ0) is 14.4. The minimum atomic E-state index is -0.00645. The summed E-state index contributed by atoms with van der Waals surface area (Å²) in [6, 6.07) is 9.89. The van der Waals surface area contributed by atoms with Gasteiger partial charge >= 0.3 is 0 Å². The Hall–Kier alpha value is -2.02. The molecule has 1 aromatic carbocycles. The van der Waals surface area contributed by atoms with Crippen LogP contribution in [0.4, 0.5) is 0 Å². The van der Waals surface area contributed by atoms with Crippen LogP contribution in [0.3, 0.4) is 0 Å². The molecule has 2 rings (SSSR count). The topological polar surface area (TPSA) is 53.3 Å². The Morgan fingerprint density at radius 2 is 2.20 bits per heavy atom. The molecule has 1 atom stereocenters. The standard InChI is InChI=1S/C16H20N2O2/c1-2-20-15-7-5-13(6-8-15)10-16(19)18-9-3-4-14(11-17)12-18/h5-8,14H,2-4,9-10,12H2,1H3/t14-/m1/s1. The Labute approximate surface area is 120 Å². The van der Waals surface area contributed by atoms with E-state index < -0.39 is 0 Å². The molecular formula is C16H20N2O2. The Morgan fingerprint density at radius 3 is 2.85 bits per heavy atom. The average molecular weight is 272 g/mol. The first-order valence-electron chi connectivity index (χ1n) is 7.12. The molecule has 1 heterocycles. The molecule has 1 aliphatic rings. The van der Waals surface area contributed by atoms with Crippen LogP contribution in [0.25, 0.3) is 0 Å². The van der Waals surface area contributed by atoms with Crippen molar-refractivity contribution >= 4 is 5.91 Å². The number of hydrogen-bond acceptors (Lipinski definition) is 3. The zero-order valence-electron chi connectivity index (χ0n) is 11.8. The first-order valence-corrected chi connectivity index (χ1v) is 7.12. The van der Waals surface area contributed by atoms with E-state index in [9.17, 15) is 4.79 Å². The maximum absolute atomic E-state index is 12.2. The largest absolute Gasteiger partial charge is 0.494 e. The molecule has 1 aliphatic heterocycles. The molecule has 0 spiro atoms. The maximum Gasteiger partial charge on any atom is 0.227 e. The second kappa shape index (κ2) is 6.95. The highest BCUT2D eigenvalue weighted by molar-refractivity contribution is 5.79. The number of piperidine rings is 1. The van der Waals surface area contributed by atoms with Gasteiger partial charge in [0.2, 0.25) is 5.91 Å². The van der Waals surface area contributed by atoms with Crippen LogP contribution in [-0.4, -0.2) is 30.5 Å². The van der Waals surface area contributed by atoms with Crippen LogP contribution >= 0.6 is 0 Å². The van der Waals surface area contributed by atoms with Gasteiger partial charge in [0.05, 0.1) is 25.0 Å². The molecule has 106 valence electrons. The lowest BCUT2D eigenvalue weighted by Gasteiger charge is -2.29. The molecule has 0 N–H and O–H groups in total. The number of carbonyl (C=O) groups is 1. The molecular weight excluding hydrogens is 252 g/mol. The van der Waals surface area contributed by atoms with Crippen LogP contribution in [0.5, 0.6) is 5.75 Å². The molecule has 4 nitrogen and oxygen atoms in total. The van der Waals surface area contributed by atoms with Crippen molar-refractivity contribution in [2.24, 2.45) is 5.92 Å². The number of benzene rings is 1. The van der Waals surface area contributed by atoms with Gasteiger partial charge in [0.25, 0.3) is 0 Å². The Bertz CT molecular complexity index is 490. The van der Waals surface area contributed by atoms with E-state index in [0.29, 0.717) is 19.6 Å². The highest BCUT2D eigenvalue weighted by Crippen LogP contribution is 2.18. The second-order valence-electron chi connectivity index (χ2n) is 5.06. The summed E-state index contributed by atoms with van der Waals surface area (Å²) in [5.41, 5.74) is 0.984. The fourth-order valence-electron chi connectivity index (χ4n) is 2.47. The van der Waals surface area contributed by atoms with Crippen molar-refractivity contribution < 1.29 is 9.53 Å². The van der Waals surface area contributed by atoms with E-state index in [1.54, 1.807) is 0 Å². The summed E-state index contributed by atoms with van der Waals surface area (Å²) in [5.74, 6) is 0.924. The average Bonchev–Trinajstić information content (AvgIpc) is 2.49. The maximum atomic E-state index is 12.2. The number of amides is 1. The summed E-state index contributed by atoms with van der Waals surface area (Å²) in [4.78, 5) is 14.0. The number of rotatable bonds is 4. The van der Waals surface area contributed by atoms with Gasteiger partial charge < -0.3 is 9.64 Å². The van der Waals surface area contributed by atoms with Gasteiger partial charge in [-0.2, -0.15) is 5.26 Å². The van der Waals surface area contributed by atoms with E-state index in [-0.39, 0.29) is 11.8 Å². The number of hydrogen-bond donors (Lipinski definition) is 0. The summed E-state index contributed by atoms with van der Waals surface area (Å²) in [5, 5.41) is 8.96. The lowest BCUT2D eigenvalue weighted by molar-refractivity contribution is -0.131. The molecule has 0 unspecified atom stereocenters. The molecule has 0 saturated carbocycles. The lowest BCUT2D eigenvalue weighted by Crippen LogP contribution is -2.40. The first kappa shape index (κ1) is 14.4. The van der Waals surface area contributed by atoms with E-state index in [0.717, 1.165) is 30.7 Å². The SMILES string of the molecule is CCOc1ccc(CC(=O)N2CCC[C@H](C#N)C2)cc1. The van der Waals surface area contributed by atoms with Gasteiger partial charge in [-0.15, -0.1) is 0 Å². The minimum Gasteiger partial charge on any atom is -0.494 e. The Balaban J connectivity index is 1.92. The van der Waals surface area contributed by atoms with Crippen molar-refractivity contribution in [3.63, 3.8) is 0 Å². The van der Waals surface area contributed by atoms with Crippen LogP contribution in [0.15, 0.2) is 24.3 Å². The molecule has 1 aromatic rings. The number of carbonyl (C=O) groups excluding carboxylic acids is 1. The number of nitrogens with zero attached hydrogens (tertiary/aromatic N) is 2. The quantitative estimate of drug-likeness (QED) is 0.845. The molecule has 0 bridgehead atoms. The fraction of sp³-hybridized carbons (Fsp3) is 0.500. The molecule has 1 amide bonds. The van der Waals surface area contributed by atoms with Crippen molar-refractivity contribution in [3.05, 3.63) is 29.8 Å². The Kier molecular flexibility index (Phi) is 5.00. The van der Waals surface area contributed by atoms with E-state index >= 15 is 0 Å². The molecule has 4 heteroatoms. The summed E-state index contributed by atoms with van der Waals surface area (Å²) >= 11 is 0. The van der Waals surface area contributed by atoms with Crippen molar-refractivity contribution in [1.82, 2.24) is 4.90 Å². The summed E-state index contributed by atoms with van der Waals surface area (Å²) in [7, 11) is 0. The van der Waals surface area contributed by atoms with Gasteiger partial charge in [0, 0.05) is 13.1 Å². The molecule has 0 aromatic heterocycles. The lowest BCUT2D eigenvalue weighted by atomic mass is 9.99. The van der Waals surface area contributed by atoms with Gasteiger partial charge in [0.1, 0.15) is 5.75 Å². The molecule has 20 heavy (non-hydrogen) atoms. The number of likely N-dealkylation sites (tertiary alicyclic amines) is 1. The highest BCUT2D eigenvalue weighted by Gasteiger charge is 2.23. The van der Waals surface area contributed by atoms with Crippen molar-refractivity contribution in [1.29, 1.82) is 5.26 Å². The van der Waals surface area contributed by atoms with Crippen molar-refractivity contribution in [3.8, 4) is 11.8 Å². The molecule has 1 fully saturated rings. The monoisotopic (exact) mass is 272 g/mol. The smallest absolute Gasteiger partial charge is 0.227 e. The normalized spacial score (nSPS) is 18.4. The van der Waals surface area contributed by atoms with Crippen LogP contribution in [0.1, 0.15) is 25.3 Å². The number of ether oxygens (including phenoxy) is 1. The van der Waals surface area contributed by atoms with E-state index in [2.05, 4.69) is 6.07 Å². The van der Waals surface area contributed by atoms with Gasteiger partial charge in [-0.3, -0.25) is 4.79 Å². The van der Waals surface area contributed by atoms with Gasteiger partial charge in [-0.05, 0) is 37.5 Å². The predicted octanol–water partition coefficient (Wildman–Crippen LogP) is 2.39. The molecule has 0 aliphatic carbocycles. The third-order valence-electron chi connectivity index (χ3n) is 3.55. The van der Waals surface area contributed by atoms with Gasteiger partial charge in [-0.1, -0.05) is 12.1 Å². The van der Waals surface area contributed by atoms with E-state index in [4.69, 9.17) is 10.00 Å². The molecule has 0 radical (unpaired) electrons. The van der Waals surface area contributed by atoms with Crippen LogP contribution < -0.4 is 4.74 Å². The van der Waals surface area contributed by atoms with Crippen molar-refractivity contribution in [2.75, 3.05) is 19.7 Å². The van der Waals surface area contributed by atoms with Gasteiger partial charge in [-0.25, -0.2) is 0 Å². The summed E-state index contributed by atoms with van der Waals surface area (Å²) in [6.45, 7) is 3.93. The second-order valence-corrected chi connectivity index (χ2v) is 5.06. The third kappa shape index (κ3) is 3.74. The number of nitriles is 1. The van der Waals surface area contributed by atoms with E-state index in [1.807, 2.05) is 36.1 Å². The Morgan fingerprint density at radius 1 is 1.45 bits per heavy atom. The predicted molar refractivity (Wildman–Crippen MR) is 76.2 cm³/mol. The van der Waals surface area contributed by atoms with Gasteiger partial charge in [0.15, 0.2) is 0 Å². The first-order chi connectivity index (χ1) is 9.72. The summed E-state index contributed by atoms with van der Waals surface area (Å²) < 4.78 is 5.38. The fourth-order valence-corrected chi connectivity index (χ4v) is 2.47. The van der Waals surface area contributed by atoms with Crippen molar-refractivity contribution in [2.45, 2.75) is 26.2 Å². The van der Waals surface area contributed by atoms with Crippen LogP contribution in [-0.2, 0) is 11.2 Å².